The molecule has 2 rings (SSSR count). The fraction of sp³-hybridized carbons (Fsp3) is 0.500. The number of nitrogens with zero attached hydrogens (tertiary/aromatic N) is 1. The summed E-state index contributed by atoms with van der Waals surface area (Å²) in [6, 6.07) is 5.92. The van der Waals surface area contributed by atoms with Crippen molar-refractivity contribution < 1.29 is 4.79 Å². The fourth-order valence-electron chi connectivity index (χ4n) is 2.65. The van der Waals surface area contributed by atoms with Crippen LogP contribution in [0.1, 0.15) is 30.1 Å². The highest BCUT2D eigenvalue weighted by Crippen LogP contribution is 2.29. The third kappa shape index (κ3) is 3.28. The maximum atomic E-state index is 11.5. The molecule has 0 aliphatic carbocycles. The second-order valence-electron chi connectivity index (χ2n) is 5.21. The molecule has 1 aromatic rings. The second kappa shape index (κ2) is 5.92. The van der Waals surface area contributed by atoms with Gasteiger partial charge in [0.05, 0.1) is 5.56 Å². The van der Waals surface area contributed by atoms with Crippen molar-refractivity contribution in [3.8, 4) is 0 Å². The summed E-state index contributed by atoms with van der Waals surface area (Å²) in [6.45, 7) is 3.91. The summed E-state index contributed by atoms with van der Waals surface area (Å²) >= 11 is 3.37. The molecule has 1 saturated heterocycles. The van der Waals surface area contributed by atoms with Gasteiger partial charge in [-0.15, -0.1) is 0 Å². The Bertz CT molecular complexity index is 468. The number of halogens is 1. The van der Waals surface area contributed by atoms with E-state index >= 15 is 0 Å². The standard InChI is InChI=1S/C14H20BrN3O/c1-9(16)10-4-6-18(7-5-10)13-3-2-11(15)8-12(13)14(17)19/h2-3,8-10H,4-7,16H2,1H3,(H2,17,19). The topological polar surface area (TPSA) is 72.3 Å². The Hall–Kier alpha value is -1.07. The van der Waals surface area contributed by atoms with Crippen LogP contribution >= 0.6 is 15.9 Å². The van der Waals surface area contributed by atoms with Gasteiger partial charge in [-0.05, 0) is 43.9 Å². The molecule has 5 heteroatoms. The zero-order valence-corrected chi connectivity index (χ0v) is 12.7. The number of carbonyl (C=O) groups excluding carboxylic acids is 1. The fourth-order valence-corrected chi connectivity index (χ4v) is 3.01. The van der Waals surface area contributed by atoms with Crippen molar-refractivity contribution in [2.75, 3.05) is 18.0 Å². The Labute approximate surface area is 122 Å². The minimum atomic E-state index is -0.384. The highest BCUT2D eigenvalue weighted by Gasteiger charge is 2.24. The van der Waals surface area contributed by atoms with Gasteiger partial charge in [0.15, 0.2) is 0 Å². The predicted molar refractivity (Wildman–Crippen MR) is 81.2 cm³/mol. The van der Waals surface area contributed by atoms with Crippen LogP contribution in [0.4, 0.5) is 5.69 Å². The molecule has 4 N–H and O–H groups in total. The zero-order valence-electron chi connectivity index (χ0n) is 11.1. The molecule has 1 amide bonds. The Morgan fingerprint density at radius 3 is 2.58 bits per heavy atom. The van der Waals surface area contributed by atoms with Gasteiger partial charge < -0.3 is 16.4 Å². The van der Waals surface area contributed by atoms with Crippen LogP contribution in [-0.4, -0.2) is 25.0 Å². The molecule has 1 unspecified atom stereocenters. The van der Waals surface area contributed by atoms with E-state index in [-0.39, 0.29) is 11.9 Å². The number of carbonyl (C=O) groups is 1. The molecule has 1 fully saturated rings. The Kier molecular flexibility index (Phi) is 4.47. The van der Waals surface area contributed by atoms with Gasteiger partial charge in [0, 0.05) is 29.3 Å². The van der Waals surface area contributed by atoms with Crippen molar-refractivity contribution in [3.63, 3.8) is 0 Å². The van der Waals surface area contributed by atoms with E-state index in [1.165, 1.54) is 0 Å². The summed E-state index contributed by atoms with van der Waals surface area (Å²) in [6.07, 6.45) is 2.12. The number of anilines is 1. The van der Waals surface area contributed by atoms with Crippen LogP contribution in [-0.2, 0) is 0 Å². The molecule has 0 bridgehead atoms. The van der Waals surface area contributed by atoms with Crippen LogP contribution in [0.15, 0.2) is 22.7 Å². The number of amides is 1. The largest absolute Gasteiger partial charge is 0.371 e. The minimum Gasteiger partial charge on any atom is -0.371 e. The van der Waals surface area contributed by atoms with Crippen LogP contribution < -0.4 is 16.4 Å². The maximum absolute atomic E-state index is 11.5. The van der Waals surface area contributed by atoms with Crippen LogP contribution in [0.2, 0.25) is 0 Å². The molecule has 1 aromatic carbocycles. The van der Waals surface area contributed by atoms with Crippen molar-refractivity contribution in [1.29, 1.82) is 0 Å². The van der Waals surface area contributed by atoms with Crippen LogP contribution in [0, 0.1) is 5.92 Å². The first-order valence-corrected chi connectivity index (χ1v) is 7.38. The number of piperidine rings is 1. The first kappa shape index (κ1) is 14.3. The lowest BCUT2D eigenvalue weighted by molar-refractivity contribution is 0.100. The van der Waals surface area contributed by atoms with E-state index in [2.05, 4.69) is 27.8 Å². The summed E-state index contributed by atoms with van der Waals surface area (Å²) in [7, 11) is 0. The minimum absolute atomic E-state index is 0.239. The monoisotopic (exact) mass is 325 g/mol. The maximum Gasteiger partial charge on any atom is 0.250 e. The van der Waals surface area contributed by atoms with Gasteiger partial charge >= 0.3 is 0 Å². The molecule has 4 nitrogen and oxygen atoms in total. The summed E-state index contributed by atoms with van der Waals surface area (Å²) < 4.78 is 0.871. The van der Waals surface area contributed by atoms with Gasteiger partial charge in [-0.25, -0.2) is 0 Å². The van der Waals surface area contributed by atoms with Crippen molar-refractivity contribution in [2.24, 2.45) is 17.4 Å². The quantitative estimate of drug-likeness (QED) is 0.894. The van der Waals surface area contributed by atoms with Gasteiger partial charge in [0.1, 0.15) is 0 Å². The third-order valence-corrected chi connectivity index (χ3v) is 4.34. The van der Waals surface area contributed by atoms with Crippen LogP contribution in [0.25, 0.3) is 0 Å². The van der Waals surface area contributed by atoms with Gasteiger partial charge in [0.25, 0.3) is 5.91 Å². The lowest BCUT2D eigenvalue weighted by Gasteiger charge is -2.36. The van der Waals surface area contributed by atoms with E-state index in [0.717, 1.165) is 36.1 Å². The highest BCUT2D eigenvalue weighted by molar-refractivity contribution is 9.10. The lowest BCUT2D eigenvalue weighted by atomic mass is 9.90. The lowest BCUT2D eigenvalue weighted by Crippen LogP contribution is -2.40. The summed E-state index contributed by atoms with van der Waals surface area (Å²) in [5.74, 6) is 0.189. The number of benzene rings is 1. The zero-order chi connectivity index (χ0) is 14.0. The summed E-state index contributed by atoms with van der Waals surface area (Å²) in [5.41, 5.74) is 12.9. The molecule has 1 heterocycles. The third-order valence-electron chi connectivity index (χ3n) is 3.85. The molecule has 1 aliphatic rings. The average Bonchev–Trinajstić information content (AvgIpc) is 2.38. The molecular formula is C14H20BrN3O. The van der Waals surface area contributed by atoms with Crippen molar-refractivity contribution in [2.45, 2.75) is 25.8 Å². The van der Waals surface area contributed by atoms with Gasteiger partial charge in [0.2, 0.25) is 0 Å². The molecular weight excluding hydrogens is 306 g/mol. The smallest absolute Gasteiger partial charge is 0.250 e. The van der Waals surface area contributed by atoms with Gasteiger partial charge in [-0.1, -0.05) is 15.9 Å². The Morgan fingerprint density at radius 2 is 2.05 bits per heavy atom. The van der Waals surface area contributed by atoms with E-state index in [0.29, 0.717) is 11.5 Å². The summed E-state index contributed by atoms with van der Waals surface area (Å²) in [5, 5.41) is 0. The summed E-state index contributed by atoms with van der Waals surface area (Å²) in [4.78, 5) is 13.8. The van der Waals surface area contributed by atoms with Crippen LogP contribution in [0.5, 0.6) is 0 Å². The van der Waals surface area contributed by atoms with E-state index in [4.69, 9.17) is 11.5 Å². The SMILES string of the molecule is CC(N)C1CCN(c2ccc(Br)cc2C(N)=O)CC1. The Morgan fingerprint density at radius 1 is 1.42 bits per heavy atom. The Balaban J connectivity index is 2.17. The molecule has 104 valence electrons. The van der Waals surface area contributed by atoms with Crippen molar-refractivity contribution in [3.05, 3.63) is 28.2 Å². The van der Waals surface area contributed by atoms with Crippen LogP contribution in [0.3, 0.4) is 0 Å². The number of rotatable bonds is 3. The van der Waals surface area contributed by atoms with Gasteiger partial charge in [-0.3, -0.25) is 4.79 Å². The molecule has 0 spiro atoms. The first-order chi connectivity index (χ1) is 8.99. The second-order valence-corrected chi connectivity index (χ2v) is 6.12. The number of primary amides is 1. The molecule has 1 aliphatic heterocycles. The normalized spacial score (nSPS) is 18.4. The first-order valence-electron chi connectivity index (χ1n) is 6.59. The van der Waals surface area contributed by atoms with Crippen molar-refractivity contribution >= 4 is 27.5 Å². The number of hydrogen-bond acceptors (Lipinski definition) is 3. The van der Waals surface area contributed by atoms with Gasteiger partial charge in [-0.2, -0.15) is 0 Å². The van der Waals surface area contributed by atoms with E-state index in [1.807, 2.05) is 12.1 Å². The van der Waals surface area contributed by atoms with E-state index in [1.54, 1.807) is 6.07 Å². The number of hydrogen-bond donors (Lipinski definition) is 2. The molecule has 1 atom stereocenters. The molecule has 0 radical (unpaired) electrons. The molecule has 19 heavy (non-hydrogen) atoms. The average molecular weight is 326 g/mol. The molecule has 0 aromatic heterocycles. The predicted octanol–water partition coefficient (Wildman–Crippen LogP) is 2.11. The van der Waals surface area contributed by atoms with Crippen molar-refractivity contribution in [1.82, 2.24) is 0 Å². The van der Waals surface area contributed by atoms with E-state index < -0.39 is 0 Å². The van der Waals surface area contributed by atoms with E-state index in [9.17, 15) is 4.79 Å². The number of nitrogens with two attached hydrogens (primary N) is 2. The highest BCUT2D eigenvalue weighted by atomic mass is 79.9. The molecule has 0 saturated carbocycles.